The summed E-state index contributed by atoms with van der Waals surface area (Å²) in [5.74, 6) is 1.16. The van der Waals surface area contributed by atoms with Crippen LogP contribution in [0.1, 0.15) is 46.0 Å². The highest BCUT2D eigenvalue weighted by molar-refractivity contribution is 5.82. The van der Waals surface area contributed by atoms with Crippen molar-refractivity contribution in [3.63, 3.8) is 0 Å². The van der Waals surface area contributed by atoms with E-state index in [1.54, 1.807) is 0 Å². The second kappa shape index (κ2) is 5.30. The van der Waals surface area contributed by atoms with Gasteiger partial charge in [0.25, 0.3) is 0 Å². The van der Waals surface area contributed by atoms with Crippen molar-refractivity contribution in [3.8, 4) is 0 Å². The van der Waals surface area contributed by atoms with E-state index in [0.717, 1.165) is 31.8 Å². The van der Waals surface area contributed by atoms with Gasteiger partial charge in [0.1, 0.15) is 5.54 Å². The van der Waals surface area contributed by atoms with Gasteiger partial charge < -0.3 is 4.74 Å². The van der Waals surface area contributed by atoms with Crippen molar-refractivity contribution >= 4 is 5.97 Å². The van der Waals surface area contributed by atoms with Gasteiger partial charge in [0, 0.05) is 25.2 Å². The predicted octanol–water partition coefficient (Wildman–Crippen LogP) is 1.79. The van der Waals surface area contributed by atoms with Crippen LogP contribution in [0, 0.1) is 11.8 Å². The molecule has 3 atom stereocenters. The van der Waals surface area contributed by atoms with Crippen LogP contribution in [-0.4, -0.2) is 48.7 Å². The monoisotopic (exact) mass is 280 g/mol. The lowest BCUT2D eigenvalue weighted by Crippen LogP contribution is -2.62. The molecule has 3 unspecified atom stereocenters. The lowest BCUT2D eigenvalue weighted by molar-refractivity contribution is -0.151. The maximum atomic E-state index is 12.5. The second-order valence-corrected chi connectivity index (χ2v) is 7.28. The number of nitrogens with zero attached hydrogens (tertiary/aromatic N) is 1. The molecule has 0 aromatic carbocycles. The van der Waals surface area contributed by atoms with E-state index in [1.807, 2.05) is 0 Å². The number of hydrogen-bond donors (Lipinski definition) is 1. The minimum atomic E-state index is -0.450. The van der Waals surface area contributed by atoms with Gasteiger partial charge in [-0.25, -0.2) is 4.79 Å². The fourth-order valence-corrected chi connectivity index (χ4v) is 3.86. The van der Waals surface area contributed by atoms with Crippen molar-refractivity contribution in [2.75, 3.05) is 20.2 Å². The molecule has 3 fully saturated rings. The van der Waals surface area contributed by atoms with Crippen molar-refractivity contribution < 1.29 is 9.53 Å². The number of esters is 1. The summed E-state index contributed by atoms with van der Waals surface area (Å²) in [6.07, 6.45) is 5.97. The Morgan fingerprint density at radius 1 is 1.30 bits per heavy atom. The van der Waals surface area contributed by atoms with E-state index in [1.165, 1.54) is 26.4 Å². The average molecular weight is 280 g/mol. The molecule has 0 bridgehead atoms. The van der Waals surface area contributed by atoms with Crippen LogP contribution in [0.5, 0.6) is 0 Å². The molecule has 2 aliphatic carbocycles. The number of nitrogens with one attached hydrogen (secondary N) is 1. The first-order chi connectivity index (χ1) is 9.55. The third-order valence-electron chi connectivity index (χ3n) is 5.23. The Kier molecular flexibility index (Phi) is 3.80. The molecule has 4 nitrogen and oxygen atoms in total. The molecule has 0 aromatic heterocycles. The number of likely N-dealkylation sites (tertiary alicyclic amines) is 1. The van der Waals surface area contributed by atoms with Gasteiger partial charge in [-0.15, -0.1) is 0 Å². The fraction of sp³-hybridized carbons (Fsp3) is 0.938. The molecule has 1 N–H and O–H groups in total. The Balaban J connectivity index is 1.78. The molecule has 0 spiro atoms. The first-order valence-electron chi connectivity index (χ1n) is 8.15. The Hall–Kier alpha value is -0.610. The van der Waals surface area contributed by atoms with Gasteiger partial charge in [-0.1, -0.05) is 6.92 Å². The van der Waals surface area contributed by atoms with Crippen LogP contribution in [0.2, 0.25) is 0 Å². The minimum Gasteiger partial charge on any atom is -0.468 e. The van der Waals surface area contributed by atoms with Crippen molar-refractivity contribution in [1.29, 1.82) is 0 Å². The van der Waals surface area contributed by atoms with Gasteiger partial charge >= 0.3 is 5.97 Å². The van der Waals surface area contributed by atoms with Crippen LogP contribution in [-0.2, 0) is 9.53 Å². The van der Waals surface area contributed by atoms with Gasteiger partial charge in [0.15, 0.2) is 0 Å². The largest absolute Gasteiger partial charge is 0.468 e. The summed E-state index contributed by atoms with van der Waals surface area (Å²) in [6, 6.07) is 1.11. The van der Waals surface area contributed by atoms with Crippen LogP contribution in [0.25, 0.3) is 0 Å². The maximum absolute atomic E-state index is 12.5. The molecule has 0 amide bonds. The number of hydrogen-bond acceptors (Lipinski definition) is 4. The van der Waals surface area contributed by atoms with Crippen LogP contribution in [0.4, 0.5) is 0 Å². The standard InChI is InChI=1S/C16H28N2O2/c1-11-8-12(2)18(9-11)10-16(13-4-5-13,15(19)20-3)17-14-6-7-14/h11-14,17H,4-10H2,1-3H3. The van der Waals surface area contributed by atoms with Crippen LogP contribution < -0.4 is 5.32 Å². The van der Waals surface area contributed by atoms with E-state index < -0.39 is 5.54 Å². The third kappa shape index (κ3) is 2.73. The summed E-state index contributed by atoms with van der Waals surface area (Å²) in [4.78, 5) is 15.0. The summed E-state index contributed by atoms with van der Waals surface area (Å²) in [5.41, 5.74) is -0.450. The Labute approximate surface area is 122 Å². The van der Waals surface area contributed by atoms with E-state index in [-0.39, 0.29) is 5.97 Å². The number of rotatable bonds is 6. The van der Waals surface area contributed by atoms with Gasteiger partial charge in [-0.05, 0) is 50.9 Å². The fourth-order valence-electron chi connectivity index (χ4n) is 3.86. The molecule has 114 valence electrons. The van der Waals surface area contributed by atoms with Crippen molar-refractivity contribution in [3.05, 3.63) is 0 Å². The molecular weight excluding hydrogens is 252 g/mol. The van der Waals surface area contributed by atoms with E-state index >= 15 is 0 Å². The van der Waals surface area contributed by atoms with E-state index in [0.29, 0.717) is 18.0 Å². The molecule has 2 saturated carbocycles. The van der Waals surface area contributed by atoms with Gasteiger partial charge in [-0.3, -0.25) is 10.2 Å². The topological polar surface area (TPSA) is 41.6 Å². The summed E-state index contributed by atoms with van der Waals surface area (Å²) >= 11 is 0. The zero-order valence-electron chi connectivity index (χ0n) is 13.0. The highest BCUT2D eigenvalue weighted by Crippen LogP contribution is 2.43. The van der Waals surface area contributed by atoms with E-state index in [4.69, 9.17) is 4.74 Å². The van der Waals surface area contributed by atoms with Gasteiger partial charge in [-0.2, -0.15) is 0 Å². The summed E-state index contributed by atoms with van der Waals surface area (Å²) < 4.78 is 5.19. The molecule has 1 aliphatic heterocycles. The van der Waals surface area contributed by atoms with Crippen molar-refractivity contribution in [2.45, 2.75) is 63.6 Å². The molecule has 0 radical (unpaired) electrons. The molecule has 4 heteroatoms. The van der Waals surface area contributed by atoms with Crippen LogP contribution >= 0.6 is 0 Å². The van der Waals surface area contributed by atoms with E-state index in [2.05, 4.69) is 24.1 Å². The maximum Gasteiger partial charge on any atom is 0.327 e. The number of ether oxygens (including phenoxy) is 1. The summed E-state index contributed by atoms with van der Waals surface area (Å²) in [5, 5.41) is 3.66. The number of carbonyl (C=O) groups excluding carboxylic acids is 1. The summed E-state index contributed by atoms with van der Waals surface area (Å²) in [6.45, 7) is 6.53. The highest BCUT2D eigenvalue weighted by Gasteiger charge is 2.55. The SMILES string of the molecule is COC(=O)C(CN1CC(C)CC1C)(NC1CC1)C1CC1. The quantitative estimate of drug-likeness (QED) is 0.753. The lowest BCUT2D eigenvalue weighted by atomic mass is 9.91. The Bertz CT molecular complexity index is 379. The first kappa shape index (κ1) is 14.3. The third-order valence-corrected chi connectivity index (χ3v) is 5.23. The van der Waals surface area contributed by atoms with Gasteiger partial charge in [0.2, 0.25) is 0 Å². The normalized spacial score (nSPS) is 34.0. The molecular formula is C16H28N2O2. The lowest BCUT2D eigenvalue weighted by Gasteiger charge is -2.37. The van der Waals surface area contributed by atoms with Crippen molar-refractivity contribution in [1.82, 2.24) is 10.2 Å². The van der Waals surface area contributed by atoms with E-state index in [9.17, 15) is 4.79 Å². The smallest absolute Gasteiger partial charge is 0.327 e. The van der Waals surface area contributed by atoms with Gasteiger partial charge in [0.05, 0.1) is 7.11 Å². The highest BCUT2D eigenvalue weighted by atomic mass is 16.5. The molecule has 3 rings (SSSR count). The predicted molar refractivity (Wildman–Crippen MR) is 78.4 cm³/mol. The molecule has 20 heavy (non-hydrogen) atoms. The number of carbonyl (C=O) groups is 1. The average Bonchev–Trinajstić information content (AvgIpc) is 3.28. The zero-order chi connectivity index (χ0) is 14.3. The first-order valence-corrected chi connectivity index (χ1v) is 8.15. The molecule has 0 aromatic rings. The molecule has 3 aliphatic rings. The van der Waals surface area contributed by atoms with Crippen LogP contribution in [0.15, 0.2) is 0 Å². The second-order valence-electron chi connectivity index (χ2n) is 7.28. The minimum absolute atomic E-state index is 0.0429. The zero-order valence-corrected chi connectivity index (χ0v) is 13.0. The number of methoxy groups -OCH3 is 1. The Morgan fingerprint density at radius 2 is 2.00 bits per heavy atom. The Morgan fingerprint density at radius 3 is 2.45 bits per heavy atom. The van der Waals surface area contributed by atoms with Crippen LogP contribution in [0.3, 0.4) is 0 Å². The molecule has 1 heterocycles. The molecule has 1 saturated heterocycles. The van der Waals surface area contributed by atoms with Crippen molar-refractivity contribution in [2.24, 2.45) is 11.8 Å². The summed E-state index contributed by atoms with van der Waals surface area (Å²) in [7, 11) is 1.53.